The Morgan fingerprint density at radius 1 is 0.774 bits per heavy atom. The van der Waals surface area contributed by atoms with Crippen molar-refractivity contribution in [1.29, 1.82) is 0 Å². The van der Waals surface area contributed by atoms with Gasteiger partial charge in [0, 0.05) is 6.42 Å². The predicted molar refractivity (Wildman–Crippen MR) is 130 cm³/mol. The lowest BCUT2D eigenvalue weighted by molar-refractivity contribution is -0.234. The lowest BCUT2D eigenvalue weighted by atomic mass is 9.32. The maximum Gasteiger partial charge on any atom is 0.155 e. The number of carbonyl (C=O) groups excluding carboxylic acids is 1. The van der Waals surface area contributed by atoms with Crippen LogP contribution in [0, 0.1) is 56.7 Å². The van der Waals surface area contributed by atoms with E-state index in [4.69, 9.17) is 0 Å². The highest BCUT2D eigenvalue weighted by Gasteiger charge is 2.71. The standard InChI is InChI=1S/C30H48O/c1-19(2)22-9-10-23-27(22,5)13-15-30(8)24-11-12-26(4)20(3)17-21(31)18-25(26)28(24,6)14-16-29(23,30)7/h17,19,22-25H,9-16,18H2,1-8H3. The minimum Gasteiger partial charge on any atom is -0.295 e. The van der Waals surface area contributed by atoms with Gasteiger partial charge in [-0.3, -0.25) is 4.79 Å². The van der Waals surface area contributed by atoms with Crippen LogP contribution in [0.2, 0.25) is 0 Å². The first-order valence-electron chi connectivity index (χ1n) is 13.5. The Balaban J connectivity index is 1.55. The van der Waals surface area contributed by atoms with Crippen molar-refractivity contribution in [1.82, 2.24) is 0 Å². The molecule has 9 unspecified atom stereocenters. The zero-order valence-corrected chi connectivity index (χ0v) is 21.7. The molecule has 31 heavy (non-hydrogen) atoms. The Hall–Kier alpha value is -0.590. The van der Waals surface area contributed by atoms with Crippen LogP contribution < -0.4 is 0 Å². The average molecular weight is 425 g/mol. The summed E-state index contributed by atoms with van der Waals surface area (Å²) in [7, 11) is 0. The molecule has 4 fully saturated rings. The van der Waals surface area contributed by atoms with Gasteiger partial charge in [-0.05, 0) is 121 Å². The van der Waals surface area contributed by atoms with Gasteiger partial charge in [-0.15, -0.1) is 0 Å². The third kappa shape index (κ3) is 2.53. The van der Waals surface area contributed by atoms with Crippen molar-refractivity contribution in [2.45, 2.75) is 113 Å². The molecule has 0 spiro atoms. The topological polar surface area (TPSA) is 17.1 Å². The molecule has 5 aliphatic rings. The average Bonchev–Trinajstić information content (AvgIpc) is 3.04. The van der Waals surface area contributed by atoms with Crippen LogP contribution in [0.1, 0.15) is 113 Å². The van der Waals surface area contributed by atoms with Crippen LogP contribution in [0.3, 0.4) is 0 Å². The molecule has 4 saturated carbocycles. The van der Waals surface area contributed by atoms with Gasteiger partial charge >= 0.3 is 0 Å². The van der Waals surface area contributed by atoms with Gasteiger partial charge in [-0.25, -0.2) is 0 Å². The third-order valence-corrected chi connectivity index (χ3v) is 13.4. The molecule has 0 bridgehead atoms. The zero-order valence-electron chi connectivity index (χ0n) is 21.7. The molecule has 1 nitrogen and oxygen atoms in total. The molecule has 0 radical (unpaired) electrons. The van der Waals surface area contributed by atoms with E-state index in [1.165, 1.54) is 56.9 Å². The maximum atomic E-state index is 12.7. The molecule has 5 rings (SSSR count). The lowest BCUT2D eigenvalue weighted by Gasteiger charge is -2.73. The molecular formula is C30H48O. The molecule has 0 aromatic carbocycles. The van der Waals surface area contributed by atoms with Gasteiger partial charge < -0.3 is 0 Å². The van der Waals surface area contributed by atoms with Crippen molar-refractivity contribution >= 4 is 5.78 Å². The first kappa shape index (κ1) is 22.2. The summed E-state index contributed by atoms with van der Waals surface area (Å²) in [6, 6.07) is 0. The van der Waals surface area contributed by atoms with Crippen LogP contribution in [-0.4, -0.2) is 5.78 Å². The third-order valence-electron chi connectivity index (χ3n) is 13.4. The number of hydrogen-bond acceptors (Lipinski definition) is 1. The molecule has 0 aromatic rings. The van der Waals surface area contributed by atoms with Gasteiger partial charge in [0.2, 0.25) is 0 Å². The summed E-state index contributed by atoms with van der Waals surface area (Å²) in [5.74, 6) is 4.32. The van der Waals surface area contributed by atoms with Gasteiger partial charge in [0.1, 0.15) is 0 Å². The predicted octanol–water partition coefficient (Wildman–Crippen LogP) is 8.23. The smallest absolute Gasteiger partial charge is 0.155 e. The fourth-order valence-corrected chi connectivity index (χ4v) is 11.4. The van der Waals surface area contributed by atoms with Crippen molar-refractivity contribution in [2.24, 2.45) is 56.7 Å². The molecule has 5 aliphatic carbocycles. The minimum atomic E-state index is 0.239. The highest BCUT2D eigenvalue weighted by atomic mass is 16.1. The molecule has 0 amide bonds. The maximum absolute atomic E-state index is 12.7. The van der Waals surface area contributed by atoms with Gasteiger partial charge in [-0.2, -0.15) is 0 Å². The van der Waals surface area contributed by atoms with Crippen LogP contribution in [0.5, 0.6) is 0 Å². The number of hydrogen-bond donors (Lipinski definition) is 0. The van der Waals surface area contributed by atoms with Gasteiger partial charge in [0.25, 0.3) is 0 Å². The summed E-state index contributed by atoms with van der Waals surface area (Å²) < 4.78 is 0. The van der Waals surface area contributed by atoms with E-state index in [1.54, 1.807) is 0 Å². The summed E-state index contributed by atoms with van der Waals surface area (Å²) in [6.07, 6.45) is 13.9. The fourth-order valence-electron chi connectivity index (χ4n) is 11.4. The quantitative estimate of drug-likeness (QED) is 0.414. The Bertz CT molecular complexity index is 822. The van der Waals surface area contributed by atoms with Crippen LogP contribution in [0.15, 0.2) is 11.6 Å². The van der Waals surface area contributed by atoms with Gasteiger partial charge in [0.05, 0.1) is 0 Å². The van der Waals surface area contributed by atoms with Crippen LogP contribution in [0.4, 0.5) is 0 Å². The van der Waals surface area contributed by atoms with Crippen LogP contribution in [-0.2, 0) is 4.79 Å². The lowest BCUT2D eigenvalue weighted by Crippen LogP contribution is -2.66. The Morgan fingerprint density at radius 2 is 1.35 bits per heavy atom. The van der Waals surface area contributed by atoms with Crippen LogP contribution >= 0.6 is 0 Å². The normalized spacial score (nSPS) is 56.4. The van der Waals surface area contributed by atoms with Crippen LogP contribution in [0.25, 0.3) is 0 Å². The van der Waals surface area contributed by atoms with Crippen molar-refractivity contribution < 1.29 is 4.79 Å². The monoisotopic (exact) mass is 424 g/mol. The SMILES string of the molecule is CC1=CC(=O)CC2C1(C)CCC1C2(C)CCC2(C)C3CCC(C(C)C)C3(C)CCC12C. The van der Waals surface area contributed by atoms with E-state index < -0.39 is 0 Å². The molecule has 0 N–H and O–H groups in total. The minimum absolute atomic E-state index is 0.239. The van der Waals surface area contributed by atoms with Crippen molar-refractivity contribution in [2.75, 3.05) is 0 Å². The second-order valence-electron chi connectivity index (χ2n) is 14.4. The second-order valence-corrected chi connectivity index (χ2v) is 14.4. The number of rotatable bonds is 1. The summed E-state index contributed by atoms with van der Waals surface area (Å²) in [5, 5.41) is 0. The molecular weight excluding hydrogens is 376 g/mol. The second kappa shape index (κ2) is 6.50. The summed E-state index contributed by atoms with van der Waals surface area (Å²) in [5.41, 5.74) is 3.36. The van der Waals surface area contributed by atoms with Crippen molar-refractivity contribution in [3.05, 3.63) is 11.6 Å². The van der Waals surface area contributed by atoms with Crippen molar-refractivity contribution in [3.8, 4) is 0 Å². The highest BCUT2D eigenvalue weighted by Crippen LogP contribution is 2.78. The Labute approximate surface area is 192 Å². The van der Waals surface area contributed by atoms with E-state index >= 15 is 0 Å². The molecule has 0 aliphatic heterocycles. The molecule has 0 saturated heterocycles. The van der Waals surface area contributed by atoms with Crippen molar-refractivity contribution in [3.63, 3.8) is 0 Å². The first-order valence-corrected chi connectivity index (χ1v) is 13.5. The summed E-state index contributed by atoms with van der Waals surface area (Å²) in [6.45, 7) is 20.4. The van der Waals surface area contributed by atoms with E-state index in [1.807, 2.05) is 6.08 Å². The largest absolute Gasteiger partial charge is 0.295 e. The molecule has 0 heterocycles. The molecule has 0 aromatic heterocycles. The first-order chi connectivity index (χ1) is 14.3. The Morgan fingerprint density at radius 3 is 1.97 bits per heavy atom. The summed E-state index contributed by atoms with van der Waals surface area (Å²) in [4.78, 5) is 12.7. The number of ketones is 1. The van der Waals surface area contributed by atoms with E-state index in [2.05, 4.69) is 55.4 Å². The van der Waals surface area contributed by atoms with Gasteiger partial charge in [-0.1, -0.05) is 54.0 Å². The fraction of sp³-hybridized carbons (Fsp3) is 0.900. The van der Waals surface area contributed by atoms with E-state index in [9.17, 15) is 4.79 Å². The summed E-state index contributed by atoms with van der Waals surface area (Å²) >= 11 is 0. The highest BCUT2D eigenvalue weighted by molar-refractivity contribution is 5.92. The molecule has 9 atom stereocenters. The van der Waals surface area contributed by atoms with E-state index in [0.717, 1.165) is 30.1 Å². The molecule has 174 valence electrons. The Kier molecular flexibility index (Phi) is 4.66. The molecule has 1 heteroatoms. The number of fused-ring (bicyclic) bond motifs is 7. The zero-order chi connectivity index (χ0) is 22.6. The van der Waals surface area contributed by atoms with E-state index in [0.29, 0.717) is 33.4 Å². The van der Waals surface area contributed by atoms with Gasteiger partial charge in [0.15, 0.2) is 5.78 Å². The number of allylic oxidation sites excluding steroid dienone is 2. The van der Waals surface area contributed by atoms with E-state index in [-0.39, 0.29) is 5.41 Å². The number of carbonyl (C=O) groups is 1.